The summed E-state index contributed by atoms with van der Waals surface area (Å²) in [5, 5.41) is 2.32. The third-order valence-corrected chi connectivity index (χ3v) is 3.81. The molecule has 1 heterocycles. The van der Waals surface area contributed by atoms with Crippen LogP contribution in [0.5, 0.6) is 0 Å². The molecule has 0 unspecified atom stereocenters. The SMILES string of the molecule is CCn1c2ccc(Br)cc2c2cccc(C=O)c21. The Morgan fingerprint density at radius 1 is 1.22 bits per heavy atom. The molecule has 0 aliphatic rings. The van der Waals surface area contributed by atoms with E-state index in [2.05, 4.69) is 45.6 Å². The lowest BCUT2D eigenvalue weighted by Crippen LogP contribution is -1.96. The zero-order valence-electron chi connectivity index (χ0n) is 9.98. The molecule has 3 heteroatoms. The Hall–Kier alpha value is -1.61. The number of nitrogens with zero attached hydrogens (tertiary/aromatic N) is 1. The topological polar surface area (TPSA) is 22.0 Å². The molecule has 0 N–H and O–H groups in total. The number of aldehydes is 1. The minimum atomic E-state index is 0.752. The molecule has 18 heavy (non-hydrogen) atoms. The molecular weight excluding hydrogens is 290 g/mol. The molecule has 0 radical (unpaired) electrons. The van der Waals surface area contributed by atoms with E-state index in [-0.39, 0.29) is 0 Å². The zero-order chi connectivity index (χ0) is 12.7. The summed E-state index contributed by atoms with van der Waals surface area (Å²) in [6.45, 7) is 2.95. The lowest BCUT2D eigenvalue weighted by Gasteiger charge is -2.04. The number of aromatic nitrogens is 1. The van der Waals surface area contributed by atoms with E-state index in [0.29, 0.717) is 0 Å². The van der Waals surface area contributed by atoms with Crippen LogP contribution in [0.2, 0.25) is 0 Å². The van der Waals surface area contributed by atoms with Gasteiger partial charge in [-0.2, -0.15) is 0 Å². The summed E-state index contributed by atoms with van der Waals surface area (Å²) >= 11 is 3.51. The van der Waals surface area contributed by atoms with Gasteiger partial charge in [-0.05, 0) is 31.2 Å². The van der Waals surface area contributed by atoms with E-state index in [1.807, 2.05) is 18.2 Å². The molecule has 0 fully saturated rings. The van der Waals surface area contributed by atoms with Crippen molar-refractivity contribution >= 4 is 44.0 Å². The van der Waals surface area contributed by atoms with Gasteiger partial charge in [0.05, 0.1) is 5.52 Å². The predicted molar refractivity (Wildman–Crippen MR) is 78.2 cm³/mol. The summed E-state index contributed by atoms with van der Waals surface area (Å²) < 4.78 is 3.25. The number of para-hydroxylation sites is 1. The molecule has 0 bridgehead atoms. The normalized spacial score (nSPS) is 11.2. The number of hydrogen-bond acceptors (Lipinski definition) is 1. The molecule has 1 aromatic heterocycles. The third kappa shape index (κ3) is 1.51. The fraction of sp³-hybridized carbons (Fsp3) is 0.133. The third-order valence-electron chi connectivity index (χ3n) is 3.32. The summed E-state index contributed by atoms with van der Waals surface area (Å²) in [6.07, 6.45) is 0.933. The lowest BCUT2D eigenvalue weighted by molar-refractivity contribution is 0.112. The Morgan fingerprint density at radius 3 is 2.78 bits per heavy atom. The quantitative estimate of drug-likeness (QED) is 0.644. The molecule has 0 atom stereocenters. The first-order chi connectivity index (χ1) is 8.76. The van der Waals surface area contributed by atoms with E-state index in [1.165, 1.54) is 10.9 Å². The number of carbonyl (C=O) groups is 1. The lowest BCUT2D eigenvalue weighted by atomic mass is 10.1. The molecule has 2 aromatic carbocycles. The molecule has 0 saturated carbocycles. The molecule has 3 aromatic rings. The minimum Gasteiger partial charge on any atom is -0.340 e. The van der Waals surface area contributed by atoms with Crippen molar-refractivity contribution in [1.82, 2.24) is 4.57 Å². The number of halogens is 1. The Bertz CT molecular complexity index is 758. The van der Waals surface area contributed by atoms with Gasteiger partial charge in [0.1, 0.15) is 0 Å². The maximum Gasteiger partial charge on any atom is 0.152 e. The van der Waals surface area contributed by atoms with Crippen molar-refractivity contribution in [2.45, 2.75) is 13.5 Å². The molecule has 0 aliphatic heterocycles. The van der Waals surface area contributed by atoms with E-state index in [1.54, 1.807) is 0 Å². The van der Waals surface area contributed by atoms with Crippen molar-refractivity contribution in [2.75, 3.05) is 0 Å². The standard InChI is InChI=1S/C15H12BrNO/c1-2-17-14-7-6-11(16)8-13(14)12-5-3-4-10(9-18)15(12)17/h3-9H,2H2,1H3. The van der Waals surface area contributed by atoms with Gasteiger partial charge in [-0.25, -0.2) is 0 Å². The van der Waals surface area contributed by atoms with Gasteiger partial charge in [0.2, 0.25) is 0 Å². The van der Waals surface area contributed by atoms with Crippen LogP contribution in [0, 0.1) is 0 Å². The smallest absolute Gasteiger partial charge is 0.152 e. The molecule has 0 spiro atoms. The van der Waals surface area contributed by atoms with Crippen LogP contribution >= 0.6 is 15.9 Å². The summed E-state index contributed by atoms with van der Waals surface area (Å²) in [7, 11) is 0. The van der Waals surface area contributed by atoms with E-state index in [9.17, 15) is 4.79 Å². The van der Waals surface area contributed by atoms with Gasteiger partial charge in [-0.15, -0.1) is 0 Å². The summed E-state index contributed by atoms with van der Waals surface area (Å²) in [4.78, 5) is 11.2. The van der Waals surface area contributed by atoms with Crippen LogP contribution in [0.1, 0.15) is 17.3 Å². The van der Waals surface area contributed by atoms with Gasteiger partial charge < -0.3 is 4.57 Å². The average Bonchev–Trinajstić information content (AvgIpc) is 2.72. The van der Waals surface area contributed by atoms with E-state index < -0.39 is 0 Å². The number of aryl methyl sites for hydroxylation is 1. The number of fused-ring (bicyclic) bond motifs is 3. The highest BCUT2D eigenvalue weighted by atomic mass is 79.9. The number of hydrogen-bond donors (Lipinski definition) is 0. The maximum atomic E-state index is 11.2. The predicted octanol–water partition coefficient (Wildman–Crippen LogP) is 4.39. The highest BCUT2D eigenvalue weighted by Gasteiger charge is 2.12. The average molecular weight is 302 g/mol. The number of benzene rings is 2. The molecule has 0 amide bonds. The van der Waals surface area contributed by atoms with Gasteiger partial charge in [-0.3, -0.25) is 4.79 Å². The van der Waals surface area contributed by atoms with Crippen LogP contribution in [-0.4, -0.2) is 10.9 Å². The molecule has 0 saturated heterocycles. The number of carbonyl (C=O) groups excluding carboxylic acids is 1. The Balaban J connectivity index is 2.61. The molecule has 2 nitrogen and oxygen atoms in total. The Morgan fingerprint density at radius 2 is 2.06 bits per heavy atom. The maximum absolute atomic E-state index is 11.2. The van der Waals surface area contributed by atoms with Crippen molar-refractivity contribution < 1.29 is 4.79 Å². The van der Waals surface area contributed by atoms with Gasteiger partial charge >= 0.3 is 0 Å². The first-order valence-corrected chi connectivity index (χ1v) is 6.71. The molecular formula is C15H12BrNO. The second-order valence-electron chi connectivity index (χ2n) is 4.27. The zero-order valence-corrected chi connectivity index (χ0v) is 11.6. The van der Waals surface area contributed by atoms with Gasteiger partial charge in [-0.1, -0.05) is 28.1 Å². The fourth-order valence-electron chi connectivity index (χ4n) is 2.58. The fourth-order valence-corrected chi connectivity index (χ4v) is 2.94. The van der Waals surface area contributed by atoms with Gasteiger partial charge in [0.15, 0.2) is 6.29 Å². The Labute approximate surface area is 113 Å². The van der Waals surface area contributed by atoms with Gasteiger partial charge in [0, 0.05) is 32.9 Å². The van der Waals surface area contributed by atoms with E-state index in [4.69, 9.17) is 0 Å². The van der Waals surface area contributed by atoms with Crippen molar-refractivity contribution in [3.05, 3.63) is 46.4 Å². The van der Waals surface area contributed by atoms with Crippen LogP contribution in [0.4, 0.5) is 0 Å². The molecule has 0 aliphatic carbocycles. The van der Waals surface area contributed by atoms with Crippen LogP contribution in [-0.2, 0) is 6.54 Å². The monoisotopic (exact) mass is 301 g/mol. The van der Waals surface area contributed by atoms with Crippen molar-refractivity contribution in [1.29, 1.82) is 0 Å². The summed E-state index contributed by atoms with van der Waals surface area (Å²) in [5.74, 6) is 0. The molecule has 90 valence electrons. The van der Waals surface area contributed by atoms with Crippen LogP contribution < -0.4 is 0 Å². The van der Waals surface area contributed by atoms with Gasteiger partial charge in [0.25, 0.3) is 0 Å². The second kappa shape index (κ2) is 4.25. The van der Waals surface area contributed by atoms with E-state index in [0.717, 1.165) is 33.8 Å². The first-order valence-electron chi connectivity index (χ1n) is 5.92. The van der Waals surface area contributed by atoms with E-state index >= 15 is 0 Å². The van der Waals surface area contributed by atoms with Crippen molar-refractivity contribution in [2.24, 2.45) is 0 Å². The van der Waals surface area contributed by atoms with Crippen molar-refractivity contribution in [3.63, 3.8) is 0 Å². The molecule has 3 rings (SSSR count). The van der Waals surface area contributed by atoms with Crippen molar-refractivity contribution in [3.8, 4) is 0 Å². The first kappa shape index (κ1) is 11.5. The largest absolute Gasteiger partial charge is 0.340 e. The van der Waals surface area contributed by atoms with Crippen LogP contribution in [0.25, 0.3) is 21.8 Å². The van der Waals surface area contributed by atoms with Crippen LogP contribution in [0.15, 0.2) is 40.9 Å². The number of rotatable bonds is 2. The van der Waals surface area contributed by atoms with Crippen LogP contribution in [0.3, 0.4) is 0 Å². The Kier molecular flexibility index (Phi) is 2.71. The summed E-state index contributed by atoms with van der Waals surface area (Å²) in [6, 6.07) is 12.1. The summed E-state index contributed by atoms with van der Waals surface area (Å²) in [5.41, 5.74) is 2.95. The highest BCUT2D eigenvalue weighted by Crippen LogP contribution is 2.32. The second-order valence-corrected chi connectivity index (χ2v) is 5.18. The minimum absolute atomic E-state index is 0.752. The highest BCUT2D eigenvalue weighted by molar-refractivity contribution is 9.10.